The van der Waals surface area contributed by atoms with Gasteiger partial charge >= 0.3 is 0 Å². The highest BCUT2D eigenvalue weighted by Crippen LogP contribution is 2.32. The lowest BCUT2D eigenvalue weighted by Crippen LogP contribution is -2.22. The van der Waals surface area contributed by atoms with Crippen molar-refractivity contribution in [3.05, 3.63) is 70.9 Å². The van der Waals surface area contributed by atoms with Crippen molar-refractivity contribution in [3.63, 3.8) is 0 Å². The van der Waals surface area contributed by atoms with Crippen LogP contribution in [0.15, 0.2) is 53.7 Å². The molecule has 0 fully saturated rings. The average molecular weight is 479 g/mol. The molecule has 178 valence electrons. The van der Waals surface area contributed by atoms with Gasteiger partial charge in [-0.25, -0.2) is 9.97 Å². The number of benzene rings is 2. The monoisotopic (exact) mass is 478 g/mol. The third-order valence-electron chi connectivity index (χ3n) is 5.50. The van der Waals surface area contributed by atoms with E-state index in [0.717, 1.165) is 52.9 Å². The molecule has 8 heteroatoms. The molecule has 0 spiro atoms. The third kappa shape index (κ3) is 5.99. The molecule has 4 rings (SSSR count). The Morgan fingerprint density at radius 1 is 1.06 bits per heavy atom. The molecule has 1 aromatic heterocycles. The molecule has 0 unspecified atom stereocenters. The van der Waals surface area contributed by atoms with E-state index in [1.807, 2.05) is 42.5 Å². The zero-order valence-corrected chi connectivity index (χ0v) is 20.7. The molecule has 1 aliphatic heterocycles. The molecule has 2 aromatic carbocycles. The molecule has 1 aliphatic rings. The van der Waals surface area contributed by atoms with Crippen molar-refractivity contribution < 1.29 is 14.3 Å². The third-order valence-corrected chi connectivity index (χ3v) is 6.42. The van der Waals surface area contributed by atoms with E-state index in [1.54, 1.807) is 11.8 Å². The van der Waals surface area contributed by atoms with Gasteiger partial charge in [-0.15, -0.1) is 0 Å². The second-order valence-electron chi connectivity index (χ2n) is 8.13. The summed E-state index contributed by atoms with van der Waals surface area (Å²) in [6.45, 7) is 5.87. The fourth-order valence-corrected chi connectivity index (χ4v) is 4.45. The van der Waals surface area contributed by atoms with E-state index in [2.05, 4.69) is 42.2 Å². The minimum Gasteiger partial charge on any atom is -0.454 e. The van der Waals surface area contributed by atoms with E-state index in [-0.39, 0.29) is 12.7 Å². The van der Waals surface area contributed by atoms with Crippen LogP contribution in [0.25, 0.3) is 0 Å². The Balaban J connectivity index is 1.38. The number of nitrogens with one attached hydrogen (secondary N) is 1. The van der Waals surface area contributed by atoms with Gasteiger partial charge in [0.1, 0.15) is 5.82 Å². The van der Waals surface area contributed by atoms with Crippen LogP contribution in [0.5, 0.6) is 11.5 Å². The van der Waals surface area contributed by atoms with Gasteiger partial charge in [0.15, 0.2) is 16.7 Å². The molecule has 1 amide bonds. The number of anilines is 1. The van der Waals surface area contributed by atoms with E-state index in [4.69, 9.17) is 14.5 Å². The zero-order chi connectivity index (χ0) is 23.9. The van der Waals surface area contributed by atoms with Crippen LogP contribution in [0.4, 0.5) is 5.82 Å². The van der Waals surface area contributed by atoms with Gasteiger partial charge in [0.2, 0.25) is 6.79 Å². The van der Waals surface area contributed by atoms with Crippen molar-refractivity contribution in [2.75, 3.05) is 25.3 Å². The number of fused-ring (bicyclic) bond motifs is 1. The number of hydrogen-bond donors (Lipinski definition) is 1. The van der Waals surface area contributed by atoms with Crippen molar-refractivity contribution in [2.45, 2.75) is 44.1 Å². The molecule has 7 nitrogen and oxygen atoms in total. The Labute approximate surface area is 204 Å². The first-order valence-electron chi connectivity index (χ1n) is 11.5. The summed E-state index contributed by atoms with van der Waals surface area (Å²) in [6.07, 6.45) is 1.93. The zero-order valence-electron chi connectivity index (χ0n) is 19.8. The second kappa shape index (κ2) is 11.2. The number of ether oxygens (including phenoxy) is 2. The maximum absolute atomic E-state index is 12.7. The highest BCUT2D eigenvalue weighted by atomic mass is 32.2. The fraction of sp³-hybridized carbons (Fsp3) is 0.346. The average Bonchev–Trinajstić information content (AvgIpc) is 3.34. The minimum atomic E-state index is -0.114. The normalized spacial score (nSPS) is 12.0. The summed E-state index contributed by atoms with van der Waals surface area (Å²) in [7, 11) is 2.06. The lowest BCUT2D eigenvalue weighted by atomic mass is 10.1. The Morgan fingerprint density at radius 2 is 1.91 bits per heavy atom. The molecule has 2 heterocycles. The molecule has 0 bridgehead atoms. The minimum absolute atomic E-state index is 0.114. The van der Waals surface area contributed by atoms with Gasteiger partial charge in [-0.05, 0) is 48.2 Å². The molecule has 0 atom stereocenters. The summed E-state index contributed by atoms with van der Waals surface area (Å²) < 4.78 is 10.7. The summed E-state index contributed by atoms with van der Waals surface area (Å²) >= 11 is 1.59. The summed E-state index contributed by atoms with van der Waals surface area (Å²) in [5, 5.41) is 3.74. The van der Waals surface area contributed by atoms with Crippen molar-refractivity contribution >= 4 is 23.5 Å². The SMILES string of the molecule is CCCN(C)c1cc(CC)nc(SCc2cccc(C(=O)NCc3ccc4c(c3)OCO4)c2)n1. The largest absolute Gasteiger partial charge is 0.454 e. The first-order valence-corrected chi connectivity index (χ1v) is 12.5. The smallest absolute Gasteiger partial charge is 0.251 e. The highest BCUT2D eigenvalue weighted by Gasteiger charge is 2.14. The van der Waals surface area contributed by atoms with Crippen LogP contribution in [0.2, 0.25) is 0 Å². The Hall–Kier alpha value is -3.26. The first kappa shape index (κ1) is 23.9. The molecule has 1 N–H and O–H groups in total. The number of aryl methyl sites for hydroxylation is 1. The van der Waals surface area contributed by atoms with Crippen LogP contribution in [-0.2, 0) is 18.7 Å². The van der Waals surface area contributed by atoms with Crippen molar-refractivity contribution in [3.8, 4) is 11.5 Å². The molecular weight excluding hydrogens is 448 g/mol. The molecule has 0 aliphatic carbocycles. The van der Waals surface area contributed by atoms with Gasteiger partial charge < -0.3 is 19.7 Å². The van der Waals surface area contributed by atoms with E-state index in [0.29, 0.717) is 23.6 Å². The van der Waals surface area contributed by atoms with Crippen LogP contribution < -0.4 is 19.7 Å². The maximum atomic E-state index is 12.7. The molecule has 3 aromatic rings. The summed E-state index contributed by atoms with van der Waals surface area (Å²) in [5.41, 5.74) is 3.67. The van der Waals surface area contributed by atoms with Gasteiger partial charge in [-0.2, -0.15) is 0 Å². The number of nitrogens with zero attached hydrogens (tertiary/aromatic N) is 3. The van der Waals surface area contributed by atoms with E-state index in [1.165, 1.54) is 0 Å². The number of carbonyl (C=O) groups is 1. The summed E-state index contributed by atoms with van der Waals surface area (Å²) in [4.78, 5) is 24.3. The lowest BCUT2D eigenvalue weighted by Gasteiger charge is -2.18. The van der Waals surface area contributed by atoms with Gasteiger partial charge in [-0.3, -0.25) is 4.79 Å². The van der Waals surface area contributed by atoms with Crippen LogP contribution in [0.3, 0.4) is 0 Å². The van der Waals surface area contributed by atoms with Crippen LogP contribution in [-0.4, -0.2) is 36.3 Å². The van der Waals surface area contributed by atoms with Crippen LogP contribution in [0, 0.1) is 0 Å². The number of carbonyl (C=O) groups excluding carboxylic acids is 1. The second-order valence-corrected chi connectivity index (χ2v) is 9.08. The van der Waals surface area contributed by atoms with E-state index < -0.39 is 0 Å². The van der Waals surface area contributed by atoms with Crippen LogP contribution >= 0.6 is 11.8 Å². The molecule has 0 saturated heterocycles. The molecular formula is C26H30N4O3S. The standard InChI is InChI=1S/C26H30N4O3S/c1-4-11-30(3)24-14-21(5-2)28-26(29-24)34-16-19-7-6-8-20(12-19)25(31)27-15-18-9-10-22-23(13-18)33-17-32-22/h6-10,12-14H,4-5,11,15-17H2,1-3H3,(H,27,31). The van der Waals surface area contributed by atoms with Gasteiger partial charge in [0.25, 0.3) is 5.91 Å². The Kier molecular flexibility index (Phi) is 7.90. The predicted octanol–water partition coefficient (Wildman–Crippen LogP) is 4.84. The van der Waals surface area contributed by atoms with Crippen molar-refractivity contribution in [1.29, 1.82) is 0 Å². The fourth-order valence-electron chi connectivity index (χ4n) is 3.64. The molecule has 34 heavy (non-hydrogen) atoms. The molecule has 0 saturated carbocycles. The Morgan fingerprint density at radius 3 is 2.74 bits per heavy atom. The van der Waals surface area contributed by atoms with Gasteiger partial charge in [-0.1, -0.05) is 43.8 Å². The van der Waals surface area contributed by atoms with Gasteiger partial charge in [0, 0.05) is 43.2 Å². The first-order chi connectivity index (χ1) is 16.6. The lowest BCUT2D eigenvalue weighted by molar-refractivity contribution is 0.0950. The topological polar surface area (TPSA) is 76.6 Å². The van der Waals surface area contributed by atoms with E-state index >= 15 is 0 Å². The summed E-state index contributed by atoms with van der Waals surface area (Å²) in [6, 6.07) is 15.4. The number of amides is 1. The maximum Gasteiger partial charge on any atom is 0.251 e. The Bertz CT molecular complexity index is 1150. The summed E-state index contributed by atoms with van der Waals surface area (Å²) in [5.74, 6) is 2.97. The number of aromatic nitrogens is 2. The van der Waals surface area contributed by atoms with Crippen LogP contribution in [0.1, 0.15) is 47.4 Å². The highest BCUT2D eigenvalue weighted by molar-refractivity contribution is 7.98. The van der Waals surface area contributed by atoms with E-state index in [9.17, 15) is 4.79 Å². The molecule has 0 radical (unpaired) electrons. The quantitative estimate of drug-likeness (QED) is 0.330. The van der Waals surface area contributed by atoms with Gasteiger partial charge in [0.05, 0.1) is 0 Å². The van der Waals surface area contributed by atoms with Crippen molar-refractivity contribution in [1.82, 2.24) is 15.3 Å². The number of thioether (sulfide) groups is 1. The number of hydrogen-bond acceptors (Lipinski definition) is 7. The number of rotatable bonds is 10. The predicted molar refractivity (Wildman–Crippen MR) is 135 cm³/mol. The van der Waals surface area contributed by atoms with Crippen molar-refractivity contribution in [2.24, 2.45) is 0 Å².